The van der Waals surface area contributed by atoms with Crippen LogP contribution in [0.25, 0.3) is 0 Å². The Kier molecular flexibility index (Phi) is 5.14. The Labute approximate surface area is 121 Å². The summed E-state index contributed by atoms with van der Waals surface area (Å²) in [6, 6.07) is 0. The van der Waals surface area contributed by atoms with Crippen LogP contribution in [0.5, 0.6) is 0 Å². The van der Waals surface area contributed by atoms with E-state index >= 15 is 0 Å². The van der Waals surface area contributed by atoms with E-state index in [4.69, 9.17) is 4.74 Å². The second-order valence-electron chi connectivity index (χ2n) is 5.69. The van der Waals surface area contributed by atoms with E-state index < -0.39 is 33.4 Å². The van der Waals surface area contributed by atoms with Crippen molar-refractivity contribution in [3.05, 3.63) is 0 Å². The van der Waals surface area contributed by atoms with Crippen LogP contribution in [0.15, 0.2) is 0 Å². The number of nitrogens with zero attached hydrogens (tertiary/aromatic N) is 1. The van der Waals surface area contributed by atoms with E-state index in [1.54, 1.807) is 20.8 Å². The highest BCUT2D eigenvalue weighted by molar-refractivity contribution is 7.87. The predicted molar refractivity (Wildman–Crippen MR) is 66.9 cm³/mol. The zero-order valence-electron chi connectivity index (χ0n) is 11.9. The Bertz CT molecular complexity index is 483. The van der Waals surface area contributed by atoms with Crippen LogP contribution in [0.3, 0.4) is 0 Å². The van der Waals surface area contributed by atoms with Gasteiger partial charge in [-0.15, -0.1) is 0 Å². The molecule has 1 amide bonds. The SMILES string of the molecule is CC(C)(C)OC(=O)N1CCC[C@@H](OS(=O)(=O)C(F)(F)F)C1. The molecule has 1 saturated heterocycles. The maximum atomic E-state index is 12.2. The Morgan fingerprint density at radius 2 is 1.81 bits per heavy atom. The highest BCUT2D eigenvalue weighted by atomic mass is 32.2. The molecule has 0 spiro atoms. The van der Waals surface area contributed by atoms with E-state index in [2.05, 4.69) is 4.18 Å². The van der Waals surface area contributed by atoms with Crippen LogP contribution in [-0.2, 0) is 19.0 Å². The molecule has 124 valence electrons. The molecule has 1 rings (SSSR count). The maximum Gasteiger partial charge on any atom is 0.523 e. The monoisotopic (exact) mass is 333 g/mol. The first kappa shape index (κ1) is 18.0. The summed E-state index contributed by atoms with van der Waals surface area (Å²) in [4.78, 5) is 12.9. The molecule has 0 aromatic heterocycles. The Hall–Kier alpha value is -1.03. The molecule has 0 radical (unpaired) electrons. The average molecular weight is 333 g/mol. The van der Waals surface area contributed by atoms with E-state index in [0.29, 0.717) is 6.42 Å². The molecule has 0 aromatic carbocycles. The van der Waals surface area contributed by atoms with E-state index in [-0.39, 0.29) is 19.5 Å². The van der Waals surface area contributed by atoms with Gasteiger partial charge in [0.2, 0.25) is 0 Å². The molecule has 0 aliphatic carbocycles. The van der Waals surface area contributed by atoms with Crippen LogP contribution in [0, 0.1) is 0 Å². The number of hydrogen-bond acceptors (Lipinski definition) is 5. The van der Waals surface area contributed by atoms with E-state index in [9.17, 15) is 26.4 Å². The number of carbonyl (C=O) groups excluding carboxylic acids is 1. The van der Waals surface area contributed by atoms with E-state index in [0.717, 1.165) is 4.90 Å². The zero-order chi connectivity index (χ0) is 16.5. The first-order chi connectivity index (χ1) is 9.32. The second kappa shape index (κ2) is 5.99. The summed E-state index contributed by atoms with van der Waals surface area (Å²) in [6.45, 7) is 4.97. The van der Waals surface area contributed by atoms with Crippen molar-refractivity contribution in [1.29, 1.82) is 0 Å². The molecular formula is C11H18F3NO5S. The number of rotatable bonds is 2. The smallest absolute Gasteiger partial charge is 0.444 e. The number of piperidine rings is 1. The minimum atomic E-state index is -5.66. The number of carbonyl (C=O) groups is 1. The van der Waals surface area contributed by atoms with Crippen LogP contribution < -0.4 is 0 Å². The lowest BCUT2D eigenvalue weighted by Crippen LogP contribution is -2.46. The molecule has 0 N–H and O–H groups in total. The lowest BCUT2D eigenvalue weighted by Gasteiger charge is -2.33. The highest BCUT2D eigenvalue weighted by Gasteiger charge is 2.49. The molecular weight excluding hydrogens is 315 g/mol. The third-order valence-corrected chi connectivity index (χ3v) is 3.67. The molecule has 1 aliphatic heterocycles. The van der Waals surface area contributed by atoms with Crippen molar-refractivity contribution in [3.63, 3.8) is 0 Å². The largest absolute Gasteiger partial charge is 0.523 e. The molecule has 1 atom stereocenters. The number of halogens is 3. The molecule has 21 heavy (non-hydrogen) atoms. The molecule has 0 saturated carbocycles. The topological polar surface area (TPSA) is 72.9 Å². The van der Waals surface area contributed by atoms with Gasteiger partial charge in [-0.3, -0.25) is 4.18 Å². The molecule has 6 nitrogen and oxygen atoms in total. The summed E-state index contributed by atoms with van der Waals surface area (Å²) >= 11 is 0. The van der Waals surface area contributed by atoms with Crippen molar-refractivity contribution < 1.29 is 35.3 Å². The van der Waals surface area contributed by atoms with Gasteiger partial charge in [0.1, 0.15) is 5.60 Å². The number of ether oxygens (including phenoxy) is 1. The van der Waals surface area contributed by atoms with E-state index in [1.807, 2.05) is 0 Å². The average Bonchev–Trinajstić information content (AvgIpc) is 2.24. The third kappa shape index (κ3) is 5.34. The maximum absolute atomic E-state index is 12.2. The Morgan fingerprint density at radius 3 is 2.29 bits per heavy atom. The van der Waals surface area contributed by atoms with Crippen LogP contribution in [0.4, 0.5) is 18.0 Å². The summed E-state index contributed by atoms with van der Waals surface area (Å²) in [5, 5.41) is 0. The van der Waals surface area contributed by atoms with Gasteiger partial charge in [0.05, 0.1) is 12.6 Å². The second-order valence-corrected chi connectivity index (χ2v) is 7.25. The number of alkyl halides is 3. The van der Waals surface area contributed by atoms with Gasteiger partial charge >= 0.3 is 21.7 Å². The van der Waals surface area contributed by atoms with Crippen LogP contribution in [0.2, 0.25) is 0 Å². The number of amides is 1. The van der Waals surface area contributed by atoms with Crippen LogP contribution >= 0.6 is 0 Å². The van der Waals surface area contributed by atoms with Gasteiger partial charge in [-0.05, 0) is 33.6 Å². The van der Waals surface area contributed by atoms with Gasteiger partial charge in [-0.1, -0.05) is 0 Å². The molecule has 1 heterocycles. The van der Waals surface area contributed by atoms with Gasteiger partial charge in [-0.25, -0.2) is 4.79 Å². The number of likely N-dealkylation sites (tertiary alicyclic amines) is 1. The third-order valence-electron chi connectivity index (χ3n) is 2.58. The fraction of sp³-hybridized carbons (Fsp3) is 0.909. The first-order valence-corrected chi connectivity index (χ1v) is 7.70. The van der Waals surface area contributed by atoms with Crippen LogP contribution in [0.1, 0.15) is 33.6 Å². The first-order valence-electron chi connectivity index (χ1n) is 6.29. The summed E-state index contributed by atoms with van der Waals surface area (Å²) in [7, 11) is -5.66. The summed E-state index contributed by atoms with van der Waals surface area (Å²) in [6.07, 6.45) is -1.48. The van der Waals surface area contributed by atoms with Gasteiger partial charge in [-0.2, -0.15) is 21.6 Å². The van der Waals surface area contributed by atoms with Crippen molar-refractivity contribution in [1.82, 2.24) is 4.90 Å². The highest BCUT2D eigenvalue weighted by Crippen LogP contribution is 2.28. The van der Waals surface area contributed by atoms with Gasteiger partial charge in [0.25, 0.3) is 0 Å². The van der Waals surface area contributed by atoms with Gasteiger partial charge < -0.3 is 9.64 Å². The zero-order valence-corrected chi connectivity index (χ0v) is 12.8. The molecule has 1 fully saturated rings. The molecule has 10 heteroatoms. The molecule has 0 unspecified atom stereocenters. The normalized spacial score (nSPS) is 21.2. The van der Waals surface area contributed by atoms with E-state index in [1.165, 1.54) is 0 Å². The summed E-state index contributed by atoms with van der Waals surface area (Å²) < 4.78 is 67.9. The quantitative estimate of drug-likeness (QED) is 0.572. The fourth-order valence-electron chi connectivity index (χ4n) is 1.74. The fourth-order valence-corrected chi connectivity index (χ4v) is 2.37. The summed E-state index contributed by atoms with van der Waals surface area (Å²) in [5.74, 6) is 0. The molecule has 1 aliphatic rings. The van der Waals surface area contributed by atoms with Crippen molar-refractivity contribution in [2.75, 3.05) is 13.1 Å². The lowest BCUT2D eigenvalue weighted by molar-refractivity contribution is -0.0601. The van der Waals surface area contributed by atoms with Gasteiger partial charge in [0, 0.05) is 6.54 Å². The van der Waals surface area contributed by atoms with Crippen molar-refractivity contribution in [3.8, 4) is 0 Å². The lowest BCUT2D eigenvalue weighted by atomic mass is 10.1. The van der Waals surface area contributed by atoms with Crippen molar-refractivity contribution in [2.45, 2.75) is 50.8 Å². The van der Waals surface area contributed by atoms with Crippen molar-refractivity contribution >= 4 is 16.2 Å². The Morgan fingerprint density at radius 1 is 1.24 bits per heavy atom. The summed E-state index contributed by atoms with van der Waals surface area (Å²) in [5.41, 5.74) is -6.22. The van der Waals surface area contributed by atoms with Crippen LogP contribution in [-0.4, -0.2) is 49.7 Å². The predicted octanol–water partition coefficient (Wildman–Crippen LogP) is 2.25. The van der Waals surface area contributed by atoms with Crippen molar-refractivity contribution in [2.24, 2.45) is 0 Å². The number of hydrogen-bond donors (Lipinski definition) is 0. The Balaban J connectivity index is 2.67. The molecule has 0 bridgehead atoms. The standard InChI is InChI=1S/C11H18F3NO5S/c1-10(2,3)19-9(16)15-6-4-5-8(7-15)20-21(17,18)11(12,13)14/h8H,4-7H2,1-3H3/t8-/m1/s1. The van der Waals surface area contributed by atoms with Gasteiger partial charge in [0.15, 0.2) is 0 Å². The minimum Gasteiger partial charge on any atom is -0.444 e. The minimum absolute atomic E-state index is 0.120. The molecule has 0 aromatic rings.